The summed E-state index contributed by atoms with van der Waals surface area (Å²) >= 11 is 0. The molecule has 0 heterocycles. The van der Waals surface area contributed by atoms with E-state index in [2.05, 4.69) is 26.1 Å². The van der Waals surface area contributed by atoms with E-state index in [9.17, 15) is 8.78 Å². The molecule has 0 saturated heterocycles. The topological polar surface area (TPSA) is 12.0 Å². The monoisotopic (exact) mass is 227 g/mol. The lowest BCUT2D eigenvalue weighted by Gasteiger charge is -2.27. The molecule has 2 unspecified atom stereocenters. The molecule has 1 rings (SSSR count). The van der Waals surface area contributed by atoms with Gasteiger partial charge in [-0.2, -0.15) is 0 Å². The van der Waals surface area contributed by atoms with Crippen molar-refractivity contribution in [3.8, 4) is 0 Å². The van der Waals surface area contributed by atoms with Crippen molar-refractivity contribution in [1.29, 1.82) is 0 Å². The van der Waals surface area contributed by atoms with Gasteiger partial charge in [-0.3, -0.25) is 0 Å². The average Bonchev–Trinajstić information content (AvgIpc) is 2.24. The van der Waals surface area contributed by atoms with Gasteiger partial charge in [-0.25, -0.2) is 8.78 Å². The summed E-state index contributed by atoms with van der Waals surface area (Å²) in [6.45, 7) is 6.34. The zero-order valence-electron chi connectivity index (χ0n) is 10.2. The van der Waals surface area contributed by atoms with Gasteiger partial charge in [0.25, 0.3) is 0 Å². The normalized spacial score (nSPS) is 15.2. The van der Waals surface area contributed by atoms with Crippen LogP contribution in [-0.4, -0.2) is 7.05 Å². The zero-order valence-corrected chi connectivity index (χ0v) is 10.2. The molecule has 2 atom stereocenters. The fourth-order valence-electron chi connectivity index (χ4n) is 1.82. The van der Waals surface area contributed by atoms with Crippen LogP contribution >= 0.6 is 0 Å². The van der Waals surface area contributed by atoms with Gasteiger partial charge in [0.2, 0.25) is 0 Å². The summed E-state index contributed by atoms with van der Waals surface area (Å²) in [6, 6.07) is 4.14. The summed E-state index contributed by atoms with van der Waals surface area (Å²) in [5, 5.41) is 3.16. The lowest BCUT2D eigenvalue weighted by molar-refractivity contribution is 0.316. The quantitative estimate of drug-likeness (QED) is 0.830. The molecule has 0 spiro atoms. The van der Waals surface area contributed by atoms with Crippen molar-refractivity contribution in [3.63, 3.8) is 0 Å². The molecule has 0 aliphatic carbocycles. The van der Waals surface area contributed by atoms with Gasteiger partial charge in [-0.1, -0.05) is 26.8 Å². The number of rotatable bonds is 4. The van der Waals surface area contributed by atoms with Gasteiger partial charge in [-0.05, 0) is 36.6 Å². The SMILES string of the molecule is CNC(c1ccc(F)c(F)c1)C(C)C(C)C. The molecular weight excluding hydrogens is 208 g/mol. The second kappa shape index (κ2) is 5.39. The van der Waals surface area contributed by atoms with E-state index in [1.807, 2.05) is 7.05 Å². The first kappa shape index (κ1) is 13.1. The van der Waals surface area contributed by atoms with Crippen LogP contribution in [-0.2, 0) is 0 Å². The molecule has 0 radical (unpaired) electrons. The Labute approximate surface area is 95.9 Å². The van der Waals surface area contributed by atoms with E-state index in [-0.39, 0.29) is 6.04 Å². The molecule has 0 aliphatic rings. The molecule has 1 aromatic carbocycles. The fourth-order valence-corrected chi connectivity index (χ4v) is 1.82. The summed E-state index contributed by atoms with van der Waals surface area (Å²) in [5.74, 6) is -0.745. The summed E-state index contributed by atoms with van der Waals surface area (Å²) in [5.41, 5.74) is 0.794. The van der Waals surface area contributed by atoms with Crippen molar-refractivity contribution < 1.29 is 8.78 Å². The molecule has 0 fully saturated rings. The third kappa shape index (κ3) is 2.79. The largest absolute Gasteiger partial charge is 0.313 e. The van der Waals surface area contributed by atoms with Crippen molar-refractivity contribution in [1.82, 2.24) is 5.32 Å². The number of hydrogen-bond donors (Lipinski definition) is 1. The Balaban J connectivity index is 2.99. The summed E-state index contributed by atoms with van der Waals surface area (Å²) in [4.78, 5) is 0. The first-order valence-electron chi connectivity index (χ1n) is 5.59. The van der Waals surface area contributed by atoms with Crippen molar-refractivity contribution in [2.45, 2.75) is 26.8 Å². The van der Waals surface area contributed by atoms with Crippen molar-refractivity contribution in [3.05, 3.63) is 35.4 Å². The predicted molar refractivity (Wildman–Crippen MR) is 62.2 cm³/mol. The van der Waals surface area contributed by atoms with Crippen LogP contribution < -0.4 is 5.32 Å². The molecular formula is C13H19F2N. The smallest absolute Gasteiger partial charge is 0.159 e. The maximum Gasteiger partial charge on any atom is 0.159 e. The fraction of sp³-hybridized carbons (Fsp3) is 0.538. The van der Waals surface area contributed by atoms with Crippen molar-refractivity contribution in [2.24, 2.45) is 11.8 Å². The van der Waals surface area contributed by atoms with E-state index in [0.717, 1.165) is 5.56 Å². The summed E-state index contributed by atoms with van der Waals surface area (Å²) < 4.78 is 26.0. The van der Waals surface area contributed by atoms with E-state index in [4.69, 9.17) is 0 Å². The van der Waals surface area contributed by atoms with E-state index in [1.54, 1.807) is 6.07 Å². The number of hydrogen-bond acceptors (Lipinski definition) is 1. The van der Waals surface area contributed by atoms with E-state index in [1.165, 1.54) is 12.1 Å². The van der Waals surface area contributed by atoms with Crippen LogP contribution in [0.2, 0.25) is 0 Å². The van der Waals surface area contributed by atoms with Crippen LogP contribution in [0.3, 0.4) is 0 Å². The third-order valence-electron chi connectivity index (χ3n) is 3.19. The Morgan fingerprint density at radius 2 is 1.69 bits per heavy atom. The second-order valence-corrected chi connectivity index (χ2v) is 4.54. The highest BCUT2D eigenvalue weighted by atomic mass is 19.2. The Morgan fingerprint density at radius 3 is 2.12 bits per heavy atom. The Bertz CT molecular complexity index is 350. The molecule has 3 heteroatoms. The van der Waals surface area contributed by atoms with E-state index < -0.39 is 11.6 Å². The van der Waals surface area contributed by atoms with Gasteiger partial charge in [-0.15, -0.1) is 0 Å². The van der Waals surface area contributed by atoms with Gasteiger partial charge >= 0.3 is 0 Å². The molecule has 1 aromatic rings. The molecule has 0 aromatic heterocycles. The molecule has 0 amide bonds. The van der Waals surface area contributed by atoms with Crippen LogP contribution in [0.1, 0.15) is 32.4 Å². The van der Waals surface area contributed by atoms with Crippen LogP contribution in [0.15, 0.2) is 18.2 Å². The first-order chi connectivity index (χ1) is 7.47. The maximum atomic E-state index is 13.1. The van der Waals surface area contributed by atoms with Crippen molar-refractivity contribution >= 4 is 0 Å². The molecule has 0 bridgehead atoms. The van der Waals surface area contributed by atoms with Crippen LogP contribution in [0, 0.1) is 23.5 Å². The molecule has 16 heavy (non-hydrogen) atoms. The standard InChI is InChI=1S/C13H19F2N/c1-8(2)9(3)13(16-4)10-5-6-11(14)12(15)7-10/h5-9,13,16H,1-4H3. The molecule has 90 valence electrons. The third-order valence-corrected chi connectivity index (χ3v) is 3.19. The average molecular weight is 227 g/mol. The van der Waals surface area contributed by atoms with Crippen LogP contribution in [0.4, 0.5) is 8.78 Å². The Kier molecular flexibility index (Phi) is 4.42. The van der Waals surface area contributed by atoms with E-state index in [0.29, 0.717) is 11.8 Å². The minimum atomic E-state index is -0.796. The molecule has 0 saturated carbocycles. The van der Waals surface area contributed by atoms with E-state index >= 15 is 0 Å². The highest BCUT2D eigenvalue weighted by Crippen LogP contribution is 2.28. The van der Waals surface area contributed by atoms with Gasteiger partial charge < -0.3 is 5.32 Å². The number of nitrogens with one attached hydrogen (secondary N) is 1. The number of halogens is 2. The van der Waals surface area contributed by atoms with Gasteiger partial charge in [0.1, 0.15) is 0 Å². The highest BCUT2D eigenvalue weighted by molar-refractivity contribution is 5.22. The molecule has 0 aliphatic heterocycles. The minimum absolute atomic E-state index is 0.0510. The molecule has 1 nitrogen and oxygen atoms in total. The Hall–Kier alpha value is -0.960. The summed E-state index contributed by atoms with van der Waals surface area (Å²) in [6.07, 6.45) is 0. The van der Waals surface area contributed by atoms with Gasteiger partial charge in [0, 0.05) is 6.04 Å². The van der Waals surface area contributed by atoms with Gasteiger partial charge in [0.15, 0.2) is 11.6 Å². The number of benzene rings is 1. The first-order valence-corrected chi connectivity index (χ1v) is 5.59. The predicted octanol–water partition coefficient (Wildman–Crippen LogP) is 3.52. The van der Waals surface area contributed by atoms with Gasteiger partial charge in [0.05, 0.1) is 0 Å². The second-order valence-electron chi connectivity index (χ2n) is 4.54. The van der Waals surface area contributed by atoms with Crippen LogP contribution in [0.25, 0.3) is 0 Å². The minimum Gasteiger partial charge on any atom is -0.313 e. The van der Waals surface area contributed by atoms with Crippen LogP contribution in [0.5, 0.6) is 0 Å². The summed E-state index contributed by atoms with van der Waals surface area (Å²) in [7, 11) is 1.84. The molecule has 1 N–H and O–H groups in total. The lowest BCUT2D eigenvalue weighted by atomic mass is 9.86. The highest BCUT2D eigenvalue weighted by Gasteiger charge is 2.21. The lowest BCUT2D eigenvalue weighted by Crippen LogP contribution is -2.26. The maximum absolute atomic E-state index is 13.1. The Morgan fingerprint density at radius 1 is 1.06 bits per heavy atom. The van der Waals surface area contributed by atoms with Crippen molar-refractivity contribution in [2.75, 3.05) is 7.05 Å². The zero-order chi connectivity index (χ0) is 12.3.